The molecule has 114 valence electrons. The molecule has 0 spiro atoms. The van der Waals surface area contributed by atoms with Crippen molar-refractivity contribution in [2.45, 2.75) is 39.3 Å². The molecule has 2 aromatic rings. The Hall–Kier alpha value is -2.43. The molecule has 5 heteroatoms. The van der Waals surface area contributed by atoms with Crippen LogP contribution in [0.2, 0.25) is 0 Å². The molecule has 0 radical (unpaired) electrons. The summed E-state index contributed by atoms with van der Waals surface area (Å²) >= 11 is 0. The first-order valence-electron chi connectivity index (χ1n) is 7.46. The number of anilines is 1. The van der Waals surface area contributed by atoms with Gasteiger partial charge >= 0.3 is 0 Å². The van der Waals surface area contributed by atoms with Crippen LogP contribution in [0, 0.1) is 6.92 Å². The van der Waals surface area contributed by atoms with Gasteiger partial charge in [0.2, 0.25) is 0 Å². The summed E-state index contributed by atoms with van der Waals surface area (Å²) in [6, 6.07) is 10.5. The predicted molar refractivity (Wildman–Crippen MR) is 85.0 cm³/mol. The molecule has 0 bridgehead atoms. The van der Waals surface area contributed by atoms with Crippen molar-refractivity contribution in [1.29, 1.82) is 0 Å². The monoisotopic (exact) mass is 297 g/mol. The molecule has 0 saturated heterocycles. The Morgan fingerprint density at radius 1 is 1.27 bits per heavy atom. The number of hydrogen-bond acceptors (Lipinski definition) is 3. The average molecular weight is 297 g/mol. The van der Waals surface area contributed by atoms with Crippen molar-refractivity contribution in [3.63, 3.8) is 0 Å². The minimum Gasteiger partial charge on any atom is -0.307 e. The highest BCUT2D eigenvalue weighted by Crippen LogP contribution is 2.33. The normalized spacial score (nSPS) is 18.1. The second kappa shape index (κ2) is 5.40. The van der Waals surface area contributed by atoms with E-state index in [-0.39, 0.29) is 17.5 Å². The van der Waals surface area contributed by atoms with Crippen molar-refractivity contribution >= 4 is 11.6 Å². The lowest BCUT2D eigenvalue weighted by atomic mass is 10.1. The van der Waals surface area contributed by atoms with E-state index in [0.29, 0.717) is 5.69 Å². The summed E-state index contributed by atoms with van der Waals surface area (Å²) in [5.41, 5.74) is 2.56. The summed E-state index contributed by atoms with van der Waals surface area (Å²) in [4.78, 5) is 26.7. The van der Waals surface area contributed by atoms with Gasteiger partial charge in [-0.05, 0) is 44.9 Å². The molecular weight excluding hydrogens is 278 g/mol. The number of benzene rings is 1. The molecule has 1 aliphatic heterocycles. The van der Waals surface area contributed by atoms with Gasteiger partial charge in [-0.1, -0.05) is 18.2 Å². The van der Waals surface area contributed by atoms with E-state index in [1.165, 1.54) is 16.3 Å². The van der Waals surface area contributed by atoms with Crippen LogP contribution in [0.5, 0.6) is 0 Å². The van der Waals surface area contributed by atoms with E-state index in [0.717, 1.165) is 12.1 Å². The quantitative estimate of drug-likeness (QED) is 0.853. The highest BCUT2D eigenvalue weighted by molar-refractivity contribution is 5.98. The van der Waals surface area contributed by atoms with Crippen molar-refractivity contribution in [3.05, 3.63) is 58.0 Å². The van der Waals surface area contributed by atoms with Gasteiger partial charge in [0.15, 0.2) is 0 Å². The molecule has 2 heterocycles. The van der Waals surface area contributed by atoms with Crippen LogP contribution >= 0.6 is 0 Å². The van der Waals surface area contributed by atoms with Crippen molar-refractivity contribution in [2.24, 2.45) is 0 Å². The zero-order chi connectivity index (χ0) is 15.9. The van der Waals surface area contributed by atoms with E-state index < -0.39 is 6.04 Å². The number of fused-ring (bicyclic) bond motifs is 1. The first-order chi connectivity index (χ1) is 10.5. The van der Waals surface area contributed by atoms with Crippen molar-refractivity contribution in [1.82, 2.24) is 9.78 Å². The first-order valence-corrected chi connectivity index (χ1v) is 7.46. The maximum Gasteiger partial charge on any atom is 0.267 e. The van der Waals surface area contributed by atoms with E-state index in [2.05, 4.69) is 5.10 Å². The number of carbonyl (C=O) groups excluding carboxylic acids is 1. The van der Waals surface area contributed by atoms with Gasteiger partial charge in [-0.25, -0.2) is 4.68 Å². The topological polar surface area (TPSA) is 55.2 Å². The molecule has 0 unspecified atom stereocenters. The smallest absolute Gasteiger partial charge is 0.267 e. The molecule has 0 aliphatic carbocycles. The number of hydrogen-bond donors (Lipinski definition) is 0. The minimum atomic E-state index is -0.624. The van der Waals surface area contributed by atoms with Crippen LogP contribution in [0.3, 0.4) is 0 Å². The summed E-state index contributed by atoms with van der Waals surface area (Å²) in [6.45, 7) is 5.56. The molecule has 1 aromatic heterocycles. The fourth-order valence-corrected chi connectivity index (χ4v) is 3.01. The lowest BCUT2D eigenvalue weighted by Crippen LogP contribution is -2.43. The highest BCUT2D eigenvalue weighted by Gasteiger charge is 2.34. The Morgan fingerprint density at radius 2 is 2.00 bits per heavy atom. The minimum absolute atomic E-state index is 0.0906. The fourth-order valence-electron chi connectivity index (χ4n) is 3.01. The number of carbonyl (C=O) groups is 1. The second-order valence-corrected chi connectivity index (χ2v) is 5.82. The van der Waals surface area contributed by atoms with E-state index >= 15 is 0 Å². The zero-order valence-corrected chi connectivity index (χ0v) is 13.0. The number of aryl methyl sites for hydroxylation is 1. The van der Waals surface area contributed by atoms with E-state index in [1.54, 1.807) is 24.8 Å². The zero-order valence-electron chi connectivity index (χ0n) is 13.0. The lowest BCUT2D eigenvalue weighted by Gasteiger charge is -2.26. The summed E-state index contributed by atoms with van der Waals surface area (Å²) in [7, 11) is 0. The number of amides is 1. The maximum atomic E-state index is 12.9. The molecule has 0 saturated carbocycles. The molecular formula is C17H19N3O2. The van der Waals surface area contributed by atoms with Gasteiger partial charge in [-0.15, -0.1) is 0 Å². The second-order valence-electron chi connectivity index (χ2n) is 5.82. The molecule has 0 N–H and O–H groups in total. The number of nitrogens with zero attached hydrogens (tertiary/aromatic N) is 3. The van der Waals surface area contributed by atoms with Crippen molar-refractivity contribution in [2.75, 3.05) is 4.90 Å². The summed E-state index contributed by atoms with van der Waals surface area (Å²) in [6.07, 6.45) is 0.838. The molecule has 22 heavy (non-hydrogen) atoms. The summed E-state index contributed by atoms with van der Waals surface area (Å²) in [5.74, 6) is -0.0994. The Morgan fingerprint density at radius 3 is 2.77 bits per heavy atom. The van der Waals surface area contributed by atoms with Crippen molar-refractivity contribution < 1.29 is 4.79 Å². The molecule has 1 aliphatic rings. The largest absolute Gasteiger partial charge is 0.307 e. The van der Waals surface area contributed by atoms with E-state index in [9.17, 15) is 9.59 Å². The van der Waals surface area contributed by atoms with Gasteiger partial charge in [0.25, 0.3) is 11.5 Å². The van der Waals surface area contributed by atoms with Crippen LogP contribution in [0.4, 0.5) is 5.69 Å². The summed E-state index contributed by atoms with van der Waals surface area (Å²) < 4.78 is 1.27. The van der Waals surface area contributed by atoms with Gasteiger partial charge in [0, 0.05) is 17.8 Å². The molecule has 0 fully saturated rings. The third kappa shape index (κ3) is 2.32. The summed E-state index contributed by atoms with van der Waals surface area (Å²) in [5, 5.41) is 4.20. The third-order valence-corrected chi connectivity index (χ3v) is 4.13. The fraction of sp³-hybridized carbons (Fsp3) is 0.353. The standard InChI is InChI=1S/C17H19N3O2/c1-11-8-9-16(21)20(18-11)13(3)17(22)19-12(2)10-14-6-4-5-7-15(14)19/h4-9,12-13H,10H2,1-3H3/t12-,13+/m1/s1. The lowest BCUT2D eigenvalue weighted by molar-refractivity contribution is -0.122. The van der Waals surface area contributed by atoms with Gasteiger partial charge in [0.1, 0.15) is 6.04 Å². The average Bonchev–Trinajstić information content (AvgIpc) is 2.84. The van der Waals surface area contributed by atoms with Gasteiger partial charge in [-0.3, -0.25) is 9.59 Å². The number of para-hydroxylation sites is 1. The molecule has 1 aromatic carbocycles. The van der Waals surface area contributed by atoms with Gasteiger partial charge < -0.3 is 4.90 Å². The molecule has 5 nitrogen and oxygen atoms in total. The SMILES string of the molecule is Cc1ccc(=O)n([C@@H](C)C(=O)N2c3ccccc3C[C@H]2C)n1. The van der Waals surface area contributed by atoms with Crippen LogP contribution < -0.4 is 10.5 Å². The Kier molecular flexibility index (Phi) is 3.56. The van der Waals surface area contributed by atoms with Crippen LogP contribution in [0.1, 0.15) is 31.1 Å². The Labute approximate surface area is 129 Å². The maximum absolute atomic E-state index is 12.9. The first kappa shape index (κ1) is 14.5. The Bertz CT molecular complexity index is 781. The van der Waals surface area contributed by atoms with Gasteiger partial charge in [0.05, 0.1) is 5.69 Å². The number of rotatable bonds is 2. The van der Waals surface area contributed by atoms with Crippen LogP contribution in [-0.4, -0.2) is 21.7 Å². The van der Waals surface area contributed by atoms with Crippen LogP contribution in [0.25, 0.3) is 0 Å². The van der Waals surface area contributed by atoms with Crippen LogP contribution in [0.15, 0.2) is 41.2 Å². The third-order valence-electron chi connectivity index (χ3n) is 4.13. The molecule has 1 amide bonds. The van der Waals surface area contributed by atoms with Gasteiger partial charge in [-0.2, -0.15) is 5.10 Å². The number of aromatic nitrogens is 2. The molecule has 2 atom stereocenters. The van der Waals surface area contributed by atoms with Crippen molar-refractivity contribution in [3.8, 4) is 0 Å². The van der Waals surface area contributed by atoms with E-state index in [1.807, 2.05) is 31.2 Å². The van der Waals surface area contributed by atoms with E-state index in [4.69, 9.17) is 0 Å². The Balaban J connectivity index is 1.97. The molecule has 3 rings (SSSR count). The van der Waals surface area contributed by atoms with Crippen LogP contribution in [-0.2, 0) is 11.2 Å². The predicted octanol–water partition coefficient (Wildman–Crippen LogP) is 2.09. The highest BCUT2D eigenvalue weighted by atomic mass is 16.2.